The number of nitrogens with one attached hydrogen (secondary N) is 2. The normalized spacial score (nSPS) is 19.7. The third-order valence-corrected chi connectivity index (χ3v) is 4.15. The Hall–Kier alpha value is -2.05. The number of hydrogen-bond donors (Lipinski definition) is 2. The van der Waals surface area contributed by atoms with Crippen molar-refractivity contribution in [3.63, 3.8) is 0 Å². The number of hydrogen-bond acceptors (Lipinski definition) is 5. The number of rotatable bonds is 5. The monoisotopic (exact) mass is 301 g/mol. The highest BCUT2D eigenvalue weighted by atomic mass is 16.7. The minimum atomic E-state index is 0.291. The van der Waals surface area contributed by atoms with E-state index in [4.69, 9.17) is 14.2 Å². The molecule has 0 spiro atoms. The molecule has 6 heteroatoms. The maximum absolute atomic E-state index is 5.44. The van der Waals surface area contributed by atoms with Crippen LogP contribution in [0, 0.1) is 5.92 Å². The van der Waals surface area contributed by atoms with Gasteiger partial charge in [-0.15, -0.1) is 0 Å². The van der Waals surface area contributed by atoms with Crippen LogP contribution < -0.4 is 14.8 Å². The first-order valence-electron chi connectivity index (χ1n) is 7.61. The summed E-state index contributed by atoms with van der Waals surface area (Å²) < 4.78 is 16.2. The Morgan fingerprint density at radius 1 is 1.27 bits per heavy atom. The Bertz CT molecular complexity index is 650. The van der Waals surface area contributed by atoms with E-state index >= 15 is 0 Å². The van der Waals surface area contributed by atoms with Gasteiger partial charge < -0.3 is 19.5 Å². The van der Waals surface area contributed by atoms with Gasteiger partial charge in [0.15, 0.2) is 11.5 Å². The Labute approximate surface area is 128 Å². The van der Waals surface area contributed by atoms with Gasteiger partial charge in [-0.1, -0.05) is 0 Å². The van der Waals surface area contributed by atoms with Crippen molar-refractivity contribution in [1.29, 1.82) is 0 Å². The lowest BCUT2D eigenvalue weighted by molar-refractivity contribution is 0.174. The summed E-state index contributed by atoms with van der Waals surface area (Å²) in [4.78, 5) is 0. The third-order valence-electron chi connectivity index (χ3n) is 4.15. The molecule has 116 valence electrons. The molecule has 0 aliphatic carbocycles. The highest BCUT2D eigenvalue weighted by molar-refractivity contribution is 5.66. The molecule has 1 aromatic heterocycles. The van der Waals surface area contributed by atoms with Crippen LogP contribution in [0.25, 0.3) is 11.3 Å². The van der Waals surface area contributed by atoms with Crippen molar-refractivity contribution in [2.45, 2.75) is 13.0 Å². The summed E-state index contributed by atoms with van der Waals surface area (Å²) in [5.74, 6) is 2.21. The van der Waals surface area contributed by atoms with E-state index < -0.39 is 0 Å². The number of nitrogens with zero attached hydrogens (tertiary/aromatic N) is 1. The molecule has 2 N–H and O–H groups in total. The van der Waals surface area contributed by atoms with Gasteiger partial charge in [-0.25, -0.2) is 0 Å². The van der Waals surface area contributed by atoms with E-state index in [1.165, 1.54) is 0 Å². The summed E-state index contributed by atoms with van der Waals surface area (Å²) in [7, 11) is 0. The molecule has 0 bridgehead atoms. The summed E-state index contributed by atoms with van der Waals surface area (Å²) in [6.07, 6.45) is 3.02. The summed E-state index contributed by atoms with van der Waals surface area (Å²) >= 11 is 0. The zero-order valence-electron chi connectivity index (χ0n) is 12.3. The summed E-state index contributed by atoms with van der Waals surface area (Å²) in [5, 5.41) is 10.8. The highest BCUT2D eigenvalue weighted by Crippen LogP contribution is 2.36. The molecule has 22 heavy (non-hydrogen) atoms. The van der Waals surface area contributed by atoms with Crippen LogP contribution in [0.5, 0.6) is 11.5 Å². The lowest BCUT2D eigenvalue weighted by Crippen LogP contribution is -2.22. The molecule has 0 amide bonds. The fourth-order valence-corrected chi connectivity index (χ4v) is 2.90. The molecule has 2 aliphatic rings. The molecule has 1 atom stereocenters. The number of H-pyrrole nitrogens is 1. The Morgan fingerprint density at radius 3 is 3.14 bits per heavy atom. The molecule has 1 saturated heterocycles. The SMILES string of the molecule is c1cc2c(cc1-c1[nH]ncc1CNCC1CCOC1)OCO2. The molecule has 2 aliphatic heterocycles. The van der Waals surface area contributed by atoms with Crippen molar-refractivity contribution in [2.75, 3.05) is 26.6 Å². The predicted molar refractivity (Wildman–Crippen MR) is 80.8 cm³/mol. The maximum atomic E-state index is 5.44. The second kappa shape index (κ2) is 5.98. The van der Waals surface area contributed by atoms with E-state index in [9.17, 15) is 0 Å². The number of aromatic nitrogens is 2. The quantitative estimate of drug-likeness (QED) is 0.883. The van der Waals surface area contributed by atoms with Crippen LogP contribution in [0.1, 0.15) is 12.0 Å². The van der Waals surface area contributed by atoms with Crippen molar-refractivity contribution >= 4 is 0 Å². The summed E-state index contributed by atoms with van der Waals surface area (Å²) in [6, 6.07) is 5.95. The van der Waals surface area contributed by atoms with Gasteiger partial charge in [-0.05, 0) is 30.5 Å². The Balaban J connectivity index is 1.45. The van der Waals surface area contributed by atoms with E-state index in [0.717, 1.165) is 61.0 Å². The molecule has 0 radical (unpaired) electrons. The van der Waals surface area contributed by atoms with Gasteiger partial charge in [0.2, 0.25) is 6.79 Å². The molecule has 2 aromatic rings. The molecule has 1 unspecified atom stereocenters. The first kappa shape index (κ1) is 13.6. The van der Waals surface area contributed by atoms with E-state index in [0.29, 0.717) is 12.7 Å². The number of benzene rings is 1. The lowest BCUT2D eigenvalue weighted by atomic mass is 10.1. The number of fused-ring (bicyclic) bond motifs is 1. The van der Waals surface area contributed by atoms with Gasteiger partial charge in [0.25, 0.3) is 0 Å². The van der Waals surface area contributed by atoms with Crippen LogP contribution in [-0.4, -0.2) is 36.7 Å². The molecule has 4 rings (SSSR count). The fourth-order valence-electron chi connectivity index (χ4n) is 2.90. The van der Waals surface area contributed by atoms with Crippen molar-refractivity contribution in [2.24, 2.45) is 5.92 Å². The molecular formula is C16H19N3O3. The van der Waals surface area contributed by atoms with Crippen molar-refractivity contribution in [1.82, 2.24) is 15.5 Å². The molecule has 1 fully saturated rings. The lowest BCUT2D eigenvalue weighted by Gasteiger charge is -2.09. The van der Waals surface area contributed by atoms with Gasteiger partial charge in [0.1, 0.15) is 0 Å². The van der Waals surface area contributed by atoms with Crippen LogP contribution in [0.4, 0.5) is 0 Å². The second-order valence-electron chi connectivity index (χ2n) is 5.70. The van der Waals surface area contributed by atoms with Crippen molar-refractivity contribution in [3.8, 4) is 22.8 Å². The number of ether oxygens (including phenoxy) is 3. The largest absolute Gasteiger partial charge is 0.454 e. The molecule has 6 nitrogen and oxygen atoms in total. The summed E-state index contributed by atoms with van der Waals surface area (Å²) in [6.45, 7) is 3.82. The van der Waals surface area contributed by atoms with Crippen LogP contribution >= 0.6 is 0 Å². The van der Waals surface area contributed by atoms with Gasteiger partial charge >= 0.3 is 0 Å². The zero-order chi connectivity index (χ0) is 14.8. The first-order chi connectivity index (χ1) is 10.9. The maximum Gasteiger partial charge on any atom is 0.231 e. The molecule has 1 aromatic carbocycles. The molecule has 0 saturated carbocycles. The Kier molecular flexibility index (Phi) is 3.70. The third kappa shape index (κ3) is 2.67. The van der Waals surface area contributed by atoms with Crippen LogP contribution in [0.3, 0.4) is 0 Å². The van der Waals surface area contributed by atoms with Gasteiger partial charge in [-0.3, -0.25) is 5.10 Å². The average Bonchev–Trinajstić information content (AvgIpc) is 3.28. The topological polar surface area (TPSA) is 68.4 Å². The highest BCUT2D eigenvalue weighted by Gasteiger charge is 2.17. The van der Waals surface area contributed by atoms with Crippen molar-refractivity contribution < 1.29 is 14.2 Å². The van der Waals surface area contributed by atoms with E-state index in [1.54, 1.807) is 0 Å². The zero-order valence-corrected chi connectivity index (χ0v) is 12.3. The predicted octanol–water partition coefficient (Wildman–Crippen LogP) is 1.93. The first-order valence-corrected chi connectivity index (χ1v) is 7.61. The van der Waals surface area contributed by atoms with Crippen LogP contribution in [0.2, 0.25) is 0 Å². The standard InChI is InChI=1S/C16H19N3O3/c1-2-14-15(22-10-21-14)5-12(1)16-13(8-18-19-16)7-17-6-11-3-4-20-9-11/h1-2,5,8,11,17H,3-4,6-7,9-10H2,(H,18,19). The fraction of sp³-hybridized carbons (Fsp3) is 0.438. The minimum Gasteiger partial charge on any atom is -0.454 e. The van der Waals surface area contributed by atoms with E-state index in [-0.39, 0.29) is 0 Å². The Morgan fingerprint density at radius 2 is 2.23 bits per heavy atom. The van der Waals surface area contributed by atoms with Gasteiger partial charge in [-0.2, -0.15) is 5.10 Å². The minimum absolute atomic E-state index is 0.291. The average molecular weight is 301 g/mol. The van der Waals surface area contributed by atoms with Gasteiger partial charge in [0, 0.05) is 30.8 Å². The molecule has 3 heterocycles. The van der Waals surface area contributed by atoms with E-state index in [2.05, 4.69) is 15.5 Å². The van der Waals surface area contributed by atoms with Gasteiger partial charge in [0.05, 0.1) is 18.5 Å². The van der Waals surface area contributed by atoms with Crippen molar-refractivity contribution in [3.05, 3.63) is 30.0 Å². The second-order valence-corrected chi connectivity index (χ2v) is 5.70. The number of aromatic amines is 1. The summed E-state index contributed by atoms with van der Waals surface area (Å²) in [5.41, 5.74) is 3.23. The van der Waals surface area contributed by atoms with E-state index in [1.807, 2.05) is 24.4 Å². The molecular weight excluding hydrogens is 282 g/mol. The van der Waals surface area contributed by atoms with Crippen LogP contribution in [0.15, 0.2) is 24.4 Å². The van der Waals surface area contributed by atoms with Crippen LogP contribution in [-0.2, 0) is 11.3 Å². The smallest absolute Gasteiger partial charge is 0.231 e.